The van der Waals surface area contributed by atoms with Crippen LogP contribution in [0, 0.1) is 0 Å². The number of ether oxygens (including phenoxy) is 1. The molecule has 18 heavy (non-hydrogen) atoms. The normalized spacial score (nSPS) is 20.6. The zero-order valence-corrected chi connectivity index (χ0v) is 12.0. The topological polar surface area (TPSA) is 58.6 Å². The number of hydrogen-bond acceptors (Lipinski definition) is 3. The van der Waals surface area contributed by atoms with E-state index >= 15 is 0 Å². The largest absolute Gasteiger partial charge is 0.374 e. The smallest absolute Gasteiger partial charge is 0.247 e. The second-order valence-corrected chi connectivity index (χ2v) is 6.18. The number of nitrogens with zero attached hydrogens (tertiary/aromatic N) is 1. The Kier molecular flexibility index (Phi) is 4.37. The molecule has 5 nitrogen and oxygen atoms in total. The number of hydrogen-bond donors (Lipinski definition) is 1. The quantitative estimate of drug-likeness (QED) is 0.817. The summed E-state index contributed by atoms with van der Waals surface area (Å²) in [6, 6.07) is 0. The third-order valence-corrected chi connectivity index (χ3v) is 2.78. The molecular weight excluding hydrogens is 232 g/mol. The van der Waals surface area contributed by atoms with E-state index in [4.69, 9.17) is 4.74 Å². The molecule has 1 rings (SSSR count). The second-order valence-electron chi connectivity index (χ2n) is 6.18. The first-order valence-electron chi connectivity index (χ1n) is 6.36. The van der Waals surface area contributed by atoms with Gasteiger partial charge in [-0.1, -0.05) is 0 Å². The summed E-state index contributed by atoms with van der Waals surface area (Å²) in [5.74, 6) is -0.126. The van der Waals surface area contributed by atoms with Gasteiger partial charge in [0.15, 0.2) is 0 Å². The third-order valence-electron chi connectivity index (χ3n) is 2.78. The van der Waals surface area contributed by atoms with E-state index in [1.807, 2.05) is 20.8 Å². The van der Waals surface area contributed by atoms with Gasteiger partial charge in [0.05, 0.1) is 12.2 Å². The molecule has 0 aliphatic carbocycles. The van der Waals surface area contributed by atoms with Crippen molar-refractivity contribution in [2.75, 3.05) is 19.7 Å². The lowest BCUT2D eigenvalue weighted by molar-refractivity contribution is -0.138. The summed E-state index contributed by atoms with van der Waals surface area (Å²) >= 11 is 0. The molecule has 0 radical (unpaired) electrons. The Morgan fingerprint density at radius 1 is 1.33 bits per heavy atom. The lowest BCUT2D eigenvalue weighted by Crippen LogP contribution is -2.53. The minimum absolute atomic E-state index is 0.0501. The van der Waals surface area contributed by atoms with Gasteiger partial charge in [-0.25, -0.2) is 0 Å². The molecule has 0 spiro atoms. The molecule has 0 aromatic rings. The Bertz CT molecular complexity index is 332. The van der Waals surface area contributed by atoms with Crippen molar-refractivity contribution in [2.45, 2.75) is 52.2 Å². The third kappa shape index (κ3) is 4.29. The van der Waals surface area contributed by atoms with Crippen LogP contribution in [0.5, 0.6) is 0 Å². The number of amides is 2. The van der Waals surface area contributed by atoms with Crippen LogP contribution in [-0.4, -0.2) is 47.6 Å². The summed E-state index contributed by atoms with van der Waals surface area (Å²) in [5.41, 5.74) is -1.03. The highest BCUT2D eigenvalue weighted by molar-refractivity contribution is 5.92. The van der Waals surface area contributed by atoms with Crippen molar-refractivity contribution in [1.29, 1.82) is 0 Å². The van der Waals surface area contributed by atoms with Crippen LogP contribution in [0.1, 0.15) is 41.0 Å². The summed E-state index contributed by atoms with van der Waals surface area (Å²) in [5, 5.41) is 2.73. The maximum absolute atomic E-state index is 12.2. The molecule has 1 heterocycles. The van der Waals surface area contributed by atoms with Crippen molar-refractivity contribution in [2.24, 2.45) is 0 Å². The first-order chi connectivity index (χ1) is 8.12. The Balaban J connectivity index is 2.59. The van der Waals surface area contributed by atoms with E-state index in [9.17, 15) is 9.59 Å². The van der Waals surface area contributed by atoms with E-state index in [1.54, 1.807) is 18.7 Å². The summed E-state index contributed by atoms with van der Waals surface area (Å²) in [7, 11) is 0. The SMILES string of the molecule is CC(C)(C)OCCN1CCC(=O)NC(C)(C)C1=O. The Hall–Kier alpha value is -1.10. The lowest BCUT2D eigenvalue weighted by atomic mass is 10.0. The summed E-state index contributed by atoms with van der Waals surface area (Å²) in [6.07, 6.45) is 0.352. The number of nitrogens with one attached hydrogen (secondary N) is 1. The standard InChI is InChI=1S/C13H24N2O3/c1-12(2,3)18-9-8-15-7-6-10(16)14-13(4,5)11(15)17/h6-9H2,1-5H3,(H,14,16). The van der Waals surface area contributed by atoms with Crippen molar-refractivity contribution in [3.63, 3.8) is 0 Å². The molecule has 0 atom stereocenters. The highest BCUT2D eigenvalue weighted by Crippen LogP contribution is 2.14. The molecule has 104 valence electrons. The summed E-state index contributed by atoms with van der Waals surface area (Å²) in [6.45, 7) is 10.9. The number of carbonyl (C=O) groups is 2. The predicted octanol–water partition coefficient (Wildman–Crippen LogP) is 0.929. The van der Waals surface area contributed by atoms with Gasteiger partial charge in [0, 0.05) is 19.5 Å². The van der Waals surface area contributed by atoms with Gasteiger partial charge in [-0.2, -0.15) is 0 Å². The highest BCUT2D eigenvalue weighted by Gasteiger charge is 2.36. The monoisotopic (exact) mass is 256 g/mol. The number of carbonyl (C=O) groups excluding carboxylic acids is 2. The van der Waals surface area contributed by atoms with Crippen LogP contribution in [0.25, 0.3) is 0 Å². The van der Waals surface area contributed by atoms with Crippen molar-refractivity contribution in [3.05, 3.63) is 0 Å². The van der Waals surface area contributed by atoms with Gasteiger partial charge >= 0.3 is 0 Å². The van der Waals surface area contributed by atoms with Gasteiger partial charge in [0.2, 0.25) is 11.8 Å². The van der Waals surface area contributed by atoms with Crippen LogP contribution in [0.3, 0.4) is 0 Å². The van der Waals surface area contributed by atoms with Crippen LogP contribution < -0.4 is 5.32 Å². The lowest BCUT2D eigenvalue weighted by Gasteiger charge is -2.29. The fourth-order valence-electron chi connectivity index (χ4n) is 1.87. The van der Waals surface area contributed by atoms with Crippen LogP contribution in [0.2, 0.25) is 0 Å². The summed E-state index contributed by atoms with van der Waals surface area (Å²) in [4.78, 5) is 25.4. The van der Waals surface area contributed by atoms with E-state index in [0.717, 1.165) is 0 Å². The van der Waals surface area contributed by atoms with E-state index in [0.29, 0.717) is 26.1 Å². The average molecular weight is 256 g/mol. The van der Waals surface area contributed by atoms with Crippen molar-refractivity contribution in [1.82, 2.24) is 10.2 Å². The zero-order valence-electron chi connectivity index (χ0n) is 12.0. The van der Waals surface area contributed by atoms with Crippen LogP contribution in [0.15, 0.2) is 0 Å². The Morgan fingerprint density at radius 2 is 1.94 bits per heavy atom. The van der Waals surface area contributed by atoms with Gasteiger partial charge in [-0.05, 0) is 34.6 Å². The van der Waals surface area contributed by atoms with E-state index in [1.165, 1.54) is 0 Å². The van der Waals surface area contributed by atoms with Gasteiger partial charge < -0.3 is 15.0 Å². The first kappa shape index (κ1) is 15.0. The zero-order chi connectivity index (χ0) is 14.0. The molecule has 0 saturated carbocycles. The van der Waals surface area contributed by atoms with Crippen molar-refractivity contribution in [3.8, 4) is 0 Å². The maximum Gasteiger partial charge on any atom is 0.247 e. The molecule has 1 fully saturated rings. The first-order valence-corrected chi connectivity index (χ1v) is 6.36. The Labute approximate surface area is 109 Å². The van der Waals surface area contributed by atoms with Gasteiger partial charge in [0.1, 0.15) is 5.54 Å². The second kappa shape index (κ2) is 5.26. The minimum atomic E-state index is -0.824. The fourth-order valence-corrected chi connectivity index (χ4v) is 1.87. The fraction of sp³-hybridized carbons (Fsp3) is 0.846. The predicted molar refractivity (Wildman–Crippen MR) is 69.1 cm³/mol. The van der Waals surface area contributed by atoms with Gasteiger partial charge in [-0.15, -0.1) is 0 Å². The molecule has 0 unspecified atom stereocenters. The van der Waals surface area contributed by atoms with Gasteiger partial charge in [0.25, 0.3) is 0 Å². The summed E-state index contributed by atoms with van der Waals surface area (Å²) < 4.78 is 5.62. The van der Waals surface area contributed by atoms with Crippen molar-refractivity contribution >= 4 is 11.8 Å². The average Bonchev–Trinajstić information content (AvgIpc) is 2.27. The van der Waals surface area contributed by atoms with Crippen LogP contribution >= 0.6 is 0 Å². The Morgan fingerprint density at radius 3 is 2.50 bits per heavy atom. The van der Waals surface area contributed by atoms with E-state index < -0.39 is 5.54 Å². The number of rotatable bonds is 3. The molecule has 0 aromatic heterocycles. The molecular formula is C13H24N2O3. The molecule has 2 amide bonds. The van der Waals surface area contributed by atoms with Crippen LogP contribution in [0.4, 0.5) is 0 Å². The molecule has 1 N–H and O–H groups in total. The molecule has 0 aromatic carbocycles. The minimum Gasteiger partial charge on any atom is -0.374 e. The van der Waals surface area contributed by atoms with Crippen molar-refractivity contribution < 1.29 is 14.3 Å². The molecule has 0 bridgehead atoms. The van der Waals surface area contributed by atoms with Gasteiger partial charge in [-0.3, -0.25) is 9.59 Å². The molecule has 5 heteroatoms. The maximum atomic E-state index is 12.2. The molecule has 1 aliphatic rings. The van der Waals surface area contributed by atoms with Crippen LogP contribution in [-0.2, 0) is 14.3 Å². The molecule has 1 saturated heterocycles. The highest BCUT2D eigenvalue weighted by atomic mass is 16.5. The van der Waals surface area contributed by atoms with E-state index in [-0.39, 0.29) is 17.4 Å². The molecule has 1 aliphatic heterocycles. The van der Waals surface area contributed by atoms with E-state index in [2.05, 4.69) is 5.32 Å².